The summed E-state index contributed by atoms with van der Waals surface area (Å²) in [5.41, 5.74) is 1.14. The zero-order chi connectivity index (χ0) is 19.6. The van der Waals surface area contributed by atoms with Crippen molar-refractivity contribution in [3.63, 3.8) is 0 Å². The number of ether oxygens (including phenoxy) is 2. The lowest BCUT2D eigenvalue weighted by atomic mass is 10.2. The smallest absolute Gasteiger partial charge is 0.209 e. The minimum atomic E-state index is -0.507. The van der Waals surface area contributed by atoms with Crippen LogP contribution in [-0.4, -0.2) is 88.1 Å². The molecule has 28 heavy (non-hydrogen) atoms. The Morgan fingerprint density at radius 1 is 1.36 bits per heavy atom. The van der Waals surface area contributed by atoms with Crippen molar-refractivity contribution in [1.29, 1.82) is 0 Å². The third-order valence-electron chi connectivity index (χ3n) is 4.33. The number of nitrogens with zero attached hydrogens (tertiary/aromatic N) is 5. The van der Waals surface area contributed by atoms with Gasteiger partial charge in [-0.05, 0) is 28.1 Å². The molecule has 1 aromatic heterocycles. The van der Waals surface area contributed by atoms with Crippen LogP contribution in [0.3, 0.4) is 0 Å². The molecule has 1 fully saturated rings. The zero-order valence-corrected chi connectivity index (χ0v) is 17.0. The molecule has 2 heterocycles. The highest BCUT2D eigenvalue weighted by Gasteiger charge is 2.15. The molecule has 0 saturated carbocycles. The van der Waals surface area contributed by atoms with E-state index in [0.29, 0.717) is 6.54 Å². The summed E-state index contributed by atoms with van der Waals surface area (Å²) in [6.07, 6.45) is -0.507. The normalized spacial score (nSPS) is 16.2. The molecule has 0 spiro atoms. The molecule has 2 N–H and O–H groups in total. The van der Waals surface area contributed by atoms with Gasteiger partial charge in [-0.25, -0.2) is 4.68 Å². The third-order valence-corrected chi connectivity index (χ3v) is 5.35. The molecular weight excluding hydrogens is 380 g/mol. The van der Waals surface area contributed by atoms with Gasteiger partial charge in [-0.1, -0.05) is 23.9 Å². The summed E-state index contributed by atoms with van der Waals surface area (Å²) in [5.74, 6) is 1.66. The van der Waals surface area contributed by atoms with Crippen molar-refractivity contribution in [3.05, 3.63) is 29.8 Å². The average molecular weight is 409 g/mol. The maximum Gasteiger partial charge on any atom is 0.209 e. The number of hydrogen-bond donors (Lipinski definition) is 2. The molecule has 1 atom stereocenters. The predicted octanol–water partition coefficient (Wildman–Crippen LogP) is 0.164. The SMILES string of the molecule is Cn1nnnc1SCCNCc1cccc(OCC(O)CN2CCOCC2)c1. The molecule has 0 radical (unpaired) electrons. The highest BCUT2D eigenvalue weighted by Crippen LogP contribution is 2.14. The molecule has 1 saturated heterocycles. The van der Waals surface area contributed by atoms with Gasteiger partial charge in [0, 0.05) is 45.5 Å². The maximum absolute atomic E-state index is 10.2. The molecule has 1 aromatic carbocycles. The first kappa shape index (κ1) is 21.0. The van der Waals surface area contributed by atoms with Gasteiger partial charge in [0.2, 0.25) is 5.16 Å². The van der Waals surface area contributed by atoms with Gasteiger partial charge in [0.1, 0.15) is 18.5 Å². The van der Waals surface area contributed by atoms with Crippen molar-refractivity contribution in [3.8, 4) is 5.75 Å². The Bertz CT molecular complexity index is 710. The standard InChI is InChI=1S/C18H28N6O3S/c1-23-18(20-21-22-23)28-10-5-19-12-15-3-2-4-17(11-15)27-14-16(25)13-24-6-8-26-9-7-24/h2-4,11,16,19,25H,5-10,12-14H2,1H3. The van der Waals surface area contributed by atoms with Crippen LogP contribution in [0.2, 0.25) is 0 Å². The Morgan fingerprint density at radius 3 is 3.00 bits per heavy atom. The molecule has 2 aromatic rings. The Hall–Kier alpha value is -1.72. The topological polar surface area (TPSA) is 97.6 Å². The first-order valence-electron chi connectivity index (χ1n) is 9.46. The van der Waals surface area contributed by atoms with Gasteiger partial charge in [0.05, 0.1) is 13.2 Å². The second kappa shape index (κ2) is 11.3. The number of β-amino-alcohol motifs (C(OH)–C–C–N with tert-alkyl or cyclic N) is 1. The molecule has 3 rings (SSSR count). The van der Waals surface area contributed by atoms with Crippen LogP contribution in [0.1, 0.15) is 5.56 Å². The van der Waals surface area contributed by atoms with E-state index < -0.39 is 6.10 Å². The summed E-state index contributed by atoms with van der Waals surface area (Å²) in [5, 5.41) is 25.8. The number of tetrazole rings is 1. The van der Waals surface area contributed by atoms with E-state index >= 15 is 0 Å². The molecule has 0 amide bonds. The fourth-order valence-corrected chi connectivity index (χ4v) is 3.61. The third kappa shape index (κ3) is 7.02. The number of aliphatic hydroxyl groups excluding tert-OH is 1. The van der Waals surface area contributed by atoms with Crippen LogP contribution in [0.4, 0.5) is 0 Å². The number of morpholine rings is 1. The van der Waals surface area contributed by atoms with Crippen molar-refractivity contribution in [2.45, 2.75) is 17.8 Å². The van der Waals surface area contributed by atoms with E-state index in [2.05, 4.69) is 31.8 Å². The number of nitrogens with one attached hydrogen (secondary N) is 1. The fourth-order valence-electron chi connectivity index (χ4n) is 2.86. The molecule has 154 valence electrons. The van der Waals surface area contributed by atoms with E-state index in [1.165, 1.54) is 0 Å². The summed E-state index contributed by atoms with van der Waals surface area (Å²) >= 11 is 1.62. The van der Waals surface area contributed by atoms with Gasteiger partial charge in [0.25, 0.3) is 0 Å². The Kier molecular flexibility index (Phi) is 8.49. The number of aliphatic hydroxyl groups is 1. The molecular formula is C18H28N6O3S. The summed E-state index contributed by atoms with van der Waals surface area (Å²) in [6.45, 7) is 5.70. The minimum absolute atomic E-state index is 0.288. The largest absolute Gasteiger partial charge is 0.491 e. The summed E-state index contributed by atoms with van der Waals surface area (Å²) < 4.78 is 12.8. The molecule has 1 aliphatic heterocycles. The van der Waals surface area contributed by atoms with Gasteiger partial charge in [0.15, 0.2) is 0 Å². The van der Waals surface area contributed by atoms with E-state index in [-0.39, 0.29) is 6.61 Å². The van der Waals surface area contributed by atoms with Gasteiger partial charge >= 0.3 is 0 Å². The number of hydrogen-bond acceptors (Lipinski definition) is 9. The molecule has 1 aliphatic rings. The van der Waals surface area contributed by atoms with E-state index in [1.54, 1.807) is 16.4 Å². The van der Waals surface area contributed by atoms with Crippen LogP contribution in [0.15, 0.2) is 29.4 Å². The second-order valence-corrected chi connectivity index (χ2v) is 7.70. The monoisotopic (exact) mass is 408 g/mol. The average Bonchev–Trinajstić information content (AvgIpc) is 3.12. The van der Waals surface area contributed by atoms with Crippen LogP contribution in [0, 0.1) is 0 Å². The second-order valence-electron chi connectivity index (χ2n) is 6.64. The maximum atomic E-state index is 10.2. The molecule has 9 nitrogen and oxygen atoms in total. The van der Waals surface area contributed by atoms with Crippen LogP contribution < -0.4 is 10.1 Å². The molecule has 10 heteroatoms. The van der Waals surface area contributed by atoms with Crippen LogP contribution in [-0.2, 0) is 18.3 Å². The van der Waals surface area contributed by atoms with Crippen LogP contribution in [0.25, 0.3) is 0 Å². The Labute approximate surface area is 169 Å². The van der Waals surface area contributed by atoms with Gasteiger partial charge in [-0.2, -0.15) is 0 Å². The zero-order valence-electron chi connectivity index (χ0n) is 16.2. The van der Waals surface area contributed by atoms with E-state index in [9.17, 15) is 5.11 Å². The van der Waals surface area contributed by atoms with E-state index in [0.717, 1.165) is 61.6 Å². The van der Waals surface area contributed by atoms with E-state index in [4.69, 9.17) is 9.47 Å². The van der Waals surface area contributed by atoms with Crippen molar-refractivity contribution in [2.75, 3.05) is 51.8 Å². The summed E-state index contributed by atoms with van der Waals surface area (Å²) in [6, 6.07) is 7.96. The van der Waals surface area contributed by atoms with Crippen molar-refractivity contribution in [1.82, 2.24) is 30.4 Å². The quantitative estimate of drug-likeness (QED) is 0.398. The summed E-state index contributed by atoms with van der Waals surface area (Å²) in [4.78, 5) is 2.20. The lowest BCUT2D eigenvalue weighted by molar-refractivity contribution is 0.00465. The van der Waals surface area contributed by atoms with E-state index in [1.807, 2.05) is 25.2 Å². The number of rotatable bonds is 11. The predicted molar refractivity (Wildman–Crippen MR) is 106 cm³/mol. The first-order chi connectivity index (χ1) is 13.7. The van der Waals surface area contributed by atoms with Crippen molar-refractivity contribution >= 4 is 11.8 Å². The summed E-state index contributed by atoms with van der Waals surface area (Å²) in [7, 11) is 1.83. The van der Waals surface area contributed by atoms with Crippen molar-refractivity contribution < 1.29 is 14.6 Å². The Balaban J connectivity index is 1.33. The molecule has 0 bridgehead atoms. The Morgan fingerprint density at radius 2 is 2.21 bits per heavy atom. The van der Waals surface area contributed by atoms with Gasteiger partial charge < -0.3 is 19.9 Å². The van der Waals surface area contributed by atoms with Crippen LogP contribution >= 0.6 is 11.8 Å². The minimum Gasteiger partial charge on any atom is -0.491 e. The molecule has 1 unspecified atom stereocenters. The highest BCUT2D eigenvalue weighted by atomic mass is 32.2. The van der Waals surface area contributed by atoms with Crippen molar-refractivity contribution in [2.24, 2.45) is 7.05 Å². The van der Waals surface area contributed by atoms with Gasteiger partial charge in [-0.3, -0.25) is 4.90 Å². The number of aromatic nitrogens is 4. The van der Waals surface area contributed by atoms with Crippen LogP contribution in [0.5, 0.6) is 5.75 Å². The number of thioether (sulfide) groups is 1. The van der Waals surface area contributed by atoms with Gasteiger partial charge in [-0.15, -0.1) is 5.10 Å². The lowest BCUT2D eigenvalue weighted by Crippen LogP contribution is -2.42. The molecule has 0 aliphatic carbocycles. The fraction of sp³-hybridized carbons (Fsp3) is 0.611. The first-order valence-corrected chi connectivity index (χ1v) is 10.4. The highest BCUT2D eigenvalue weighted by molar-refractivity contribution is 7.99. The number of benzene rings is 1. The lowest BCUT2D eigenvalue weighted by Gasteiger charge is -2.28. The number of aryl methyl sites for hydroxylation is 1.